The predicted molar refractivity (Wildman–Crippen MR) is 141 cm³/mol. The van der Waals surface area contributed by atoms with Gasteiger partial charge in [0.05, 0.1) is 20.8 Å². The van der Waals surface area contributed by atoms with Gasteiger partial charge in [0.2, 0.25) is 5.91 Å². The van der Waals surface area contributed by atoms with Crippen molar-refractivity contribution in [2.75, 3.05) is 31.4 Å². The monoisotopic (exact) mass is 494 g/mol. The van der Waals surface area contributed by atoms with Crippen molar-refractivity contribution in [3.63, 3.8) is 0 Å². The molecule has 3 rings (SSSR count). The topological polar surface area (TPSA) is 120 Å². The van der Waals surface area contributed by atoms with Gasteiger partial charge in [0.15, 0.2) is 17.2 Å². The van der Waals surface area contributed by atoms with Crippen LogP contribution in [0.3, 0.4) is 0 Å². The molecule has 2 aromatic carbocycles. The predicted octanol–water partition coefficient (Wildman–Crippen LogP) is 3.20. The summed E-state index contributed by atoms with van der Waals surface area (Å²) in [6.45, 7) is 6.18. The molecule has 0 saturated heterocycles. The molecule has 0 aliphatic heterocycles. The molecule has 1 amide bonds. The number of methoxy groups -OCH3 is 2. The molecule has 0 aliphatic carbocycles. The maximum Gasteiger partial charge on any atom is 0.330 e. The van der Waals surface area contributed by atoms with Crippen LogP contribution in [0.1, 0.15) is 38.3 Å². The van der Waals surface area contributed by atoms with Gasteiger partial charge < -0.3 is 20.1 Å². The summed E-state index contributed by atoms with van der Waals surface area (Å²) in [5, 5.41) is 0. The average molecular weight is 495 g/mol. The Hall–Kier alpha value is -4.01. The van der Waals surface area contributed by atoms with Crippen LogP contribution >= 0.6 is 0 Å². The minimum Gasteiger partial charge on any atom is -0.493 e. The van der Waals surface area contributed by atoms with Gasteiger partial charge in [0, 0.05) is 13.0 Å². The SMILES string of the molecule is COc1ccc(CCN(C(=O)CC(C)(C)C)c2c(N)n(Cc3ccccc3)c(=O)[nH]c2=O)cc1OC. The third-order valence-corrected chi connectivity index (χ3v) is 5.72. The molecule has 0 unspecified atom stereocenters. The van der Waals surface area contributed by atoms with E-state index in [4.69, 9.17) is 15.2 Å². The highest BCUT2D eigenvalue weighted by Gasteiger charge is 2.27. The molecule has 0 spiro atoms. The summed E-state index contributed by atoms with van der Waals surface area (Å²) in [5.41, 5.74) is 6.44. The molecule has 0 atom stereocenters. The molecule has 192 valence electrons. The van der Waals surface area contributed by atoms with Gasteiger partial charge in [-0.3, -0.25) is 19.1 Å². The fraction of sp³-hybridized carbons (Fsp3) is 0.370. The number of aromatic amines is 1. The van der Waals surface area contributed by atoms with Crippen LogP contribution in [0.4, 0.5) is 11.5 Å². The van der Waals surface area contributed by atoms with E-state index in [9.17, 15) is 14.4 Å². The van der Waals surface area contributed by atoms with Crippen LogP contribution in [-0.4, -0.2) is 36.2 Å². The Bertz CT molecular complexity index is 1320. The zero-order valence-electron chi connectivity index (χ0n) is 21.5. The maximum atomic E-state index is 13.4. The smallest absolute Gasteiger partial charge is 0.330 e. The molecule has 36 heavy (non-hydrogen) atoms. The second-order valence-corrected chi connectivity index (χ2v) is 9.79. The number of amides is 1. The van der Waals surface area contributed by atoms with E-state index in [1.807, 2.05) is 63.2 Å². The number of nitrogens with zero attached hydrogens (tertiary/aromatic N) is 2. The molecule has 3 aromatic rings. The molecular formula is C27H34N4O5. The third kappa shape index (κ3) is 6.35. The van der Waals surface area contributed by atoms with E-state index < -0.39 is 11.2 Å². The number of H-pyrrole nitrogens is 1. The van der Waals surface area contributed by atoms with E-state index >= 15 is 0 Å². The van der Waals surface area contributed by atoms with Gasteiger partial charge in [0.1, 0.15) is 5.82 Å². The lowest BCUT2D eigenvalue weighted by Crippen LogP contribution is -2.43. The number of nitrogens with one attached hydrogen (secondary N) is 1. The van der Waals surface area contributed by atoms with E-state index in [0.29, 0.717) is 17.9 Å². The number of benzene rings is 2. The zero-order valence-corrected chi connectivity index (χ0v) is 21.5. The first-order valence-corrected chi connectivity index (χ1v) is 11.7. The van der Waals surface area contributed by atoms with Crippen molar-refractivity contribution in [2.45, 2.75) is 40.2 Å². The molecule has 0 fully saturated rings. The highest BCUT2D eigenvalue weighted by atomic mass is 16.5. The molecule has 0 radical (unpaired) electrons. The van der Waals surface area contributed by atoms with Crippen molar-refractivity contribution in [3.8, 4) is 11.5 Å². The van der Waals surface area contributed by atoms with Crippen LogP contribution in [0.5, 0.6) is 11.5 Å². The number of ether oxygens (including phenoxy) is 2. The second-order valence-electron chi connectivity index (χ2n) is 9.79. The fourth-order valence-corrected chi connectivity index (χ4v) is 3.95. The summed E-state index contributed by atoms with van der Waals surface area (Å²) in [7, 11) is 3.11. The lowest BCUT2D eigenvalue weighted by Gasteiger charge is -2.28. The van der Waals surface area contributed by atoms with Gasteiger partial charge in [0.25, 0.3) is 5.56 Å². The number of nitrogen functional groups attached to an aromatic ring is 1. The molecule has 0 aliphatic rings. The van der Waals surface area contributed by atoms with Crippen molar-refractivity contribution in [1.29, 1.82) is 0 Å². The highest BCUT2D eigenvalue weighted by Crippen LogP contribution is 2.29. The second kappa shape index (κ2) is 11.2. The summed E-state index contributed by atoms with van der Waals surface area (Å²) >= 11 is 0. The Morgan fingerprint density at radius 3 is 2.28 bits per heavy atom. The number of aromatic nitrogens is 2. The lowest BCUT2D eigenvalue weighted by atomic mass is 9.91. The molecular weight excluding hydrogens is 460 g/mol. The molecule has 9 nitrogen and oxygen atoms in total. The number of carbonyl (C=O) groups is 1. The Morgan fingerprint density at radius 1 is 1.00 bits per heavy atom. The summed E-state index contributed by atoms with van der Waals surface area (Å²) < 4.78 is 12.0. The van der Waals surface area contributed by atoms with Crippen LogP contribution < -0.4 is 31.4 Å². The van der Waals surface area contributed by atoms with Gasteiger partial charge in [-0.1, -0.05) is 57.2 Å². The summed E-state index contributed by atoms with van der Waals surface area (Å²) in [6.07, 6.45) is 0.614. The number of anilines is 2. The van der Waals surface area contributed by atoms with Crippen molar-refractivity contribution in [3.05, 3.63) is 80.5 Å². The third-order valence-electron chi connectivity index (χ3n) is 5.72. The Balaban J connectivity index is 2.03. The largest absolute Gasteiger partial charge is 0.493 e. The van der Waals surface area contributed by atoms with E-state index in [1.165, 1.54) is 9.47 Å². The van der Waals surface area contributed by atoms with E-state index in [-0.39, 0.29) is 42.3 Å². The zero-order chi connectivity index (χ0) is 26.5. The number of carbonyl (C=O) groups excluding carboxylic acids is 1. The normalized spacial score (nSPS) is 11.2. The van der Waals surface area contributed by atoms with E-state index in [0.717, 1.165) is 11.1 Å². The van der Waals surface area contributed by atoms with Gasteiger partial charge in [-0.15, -0.1) is 0 Å². The summed E-state index contributed by atoms with van der Waals surface area (Å²) in [5.74, 6) is 0.846. The number of hydrogen-bond donors (Lipinski definition) is 2. The summed E-state index contributed by atoms with van der Waals surface area (Å²) in [4.78, 5) is 42.8. The van der Waals surface area contributed by atoms with Crippen molar-refractivity contribution in [1.82, 2.24) is 9.55 Å². The quantitative estimate of drug-likeness (QED) is 0.471. The standard InChI is InChI=1S/C27H34N4O5/c1-27(2,3)16-22(32)30(14-13-18-11-12-20(35-4)21(15-18)36-5)23-24(28)31(26(34)29-25(23)33)17-19-9-7-6-8-10-19/h6-12,15H,13-14,16-17,28H2,1-5H3,(H,29,33,34). The number of nitrogens with two attached hydrogens (primary N) is 1. The van der Waals surface area contributed by atoms with Crippen molar-refractivity contribution >= 4 is 17.4 Å². The van der Waals surface area contributed by atoms with Gasteiger partial charge in [-0.25, -0.2) is 4.79 Å². The maximum absolute atomic E-state index is 13.4. The first kappa shape index (κ1) is 26.6. The first-order chi connectivity index (χ1) is 17.0. The summed E-state index contributed by atoms with van der Waals surface area (Å²) in [6, 6.07) is 14.8. The number of hydrogen-bond acceptors (Lipinski definition) is 6. The van der Waals surface area contributed by atoms with Gasteiger partial charge >= 0.3 is 5.69 Å². The van der Waals surface area contributed by atoms with Crippen LogP contribution in [0.25, 0.3) is 0 Å². The number of rotatable bonds is 9. The van der Waals surface area contributed by atoms with Gasteiger partial charge in [-0.2, -0.15) is 0 Å². The Kier molecular flexibility index (Phi) is 8.24. The van der Waals surface area contributed by atoms with Crippen LogP contribution in [-0.2, 0) is 17.8 Å². The Morgan fingerprint density at radius 2 is 1.67 bits per heavy atom. The minimum absolute atomic E-state index is 0.0275. The van der Waals surface area contributed by atoms with Crippen molar-refractivity contribution in [2.24, 2.45) is 5.41 Å². The molecule has 1 heterocycles. The van der Waals surface area contributed by atoms with Crippen molar-refractivity contribution < 1.29 is 14.3 Å². The highest BCUT2D eigenvalue weighted by molar-refractivity contribution is 5.95. The van der Waals surface area contributed by atoms with Crippen LogP contribution in [0.2, 0.25) is 0 Å². The van der Waals surface area contributed by atoms with Crippen LogP contribution in [0.15, 0.2) is 58.1 Å². The average Bonchev–Trinajstić information content (AvgIpc) is 2.82. The van der Waals surface area contributed by atoms with E-state index in [1.54, 1.807) is 20.3 Å². The first-order valence-electron chi connectivity index (χ1n) is 11.7. The fourth-order valence-electron chi connectivity index (χ4n) is 3.95. The van der Waals surface area contributed by atoms with Gasteiger partial charge in [-0.05, 0) is 35.1 Å². The molecule has 0 bridgehead atoms. The minimum atomic E-state index is -0.698. The molecule has 3 N–H and O–H groups in total. The Labute approximate surface area is 210 Å². The van der Waals surface area contributed by atoms with E-state index in [2.05, 4.69) is 4.98 Å². The molecule has 9 heteroatoms. The molecule has 1 aromatic heterocycles. The molecule has 0 saturated carbocycles. The van der Waals surface area contributed by atoms with Crippen LogP contribution in [0, 0.1) is 5.41 Å². The lowest BCUT2D eigenvalue weighted by molar-refractivity contribution is -0.120.